The predicted molar refractivity (Wildman–Crippen MR) is 101 cm³/mol. The summed E-state index contributed by atoms with van der Waals surface area (Å²) in [6.07, 6.45) is -4.83. The Bertz CT molecular complexity index is 979. The highest BCUT2D eigenvalue weighted by molar-refractivity contribution is 7.89. The van der Waals surface area contributed by atoms with Crippen molar-refractivity contribution in [3.8, 4) is 0 Å². The van der Waals surface area contributed by atoms with Gasteiger partial charge in [-0.05, 0) is 44.0 Å². The van der Waals surface area contributed by atoms with Gasteiger partial charge in [-0.25, -0.2) is 8.42 Å². The summed E-state index contributed by atoms with van der Waals surface area (Å²) in [7, 11) is -3.45. The average molecular weight is 414 g/mol. The van der Waals surface area contributed by atoms with E-state index in [2.05, 4.69) is 5.32 Å². The molecule has 0 aromatic heterocycles. The van der Waals surface area contributed by atoms with Crippen molar-refractivity contribution >= 4 is 21.6 Å². The van der Waals surface area contributed by atoms with Gasteiger partial charge in [-0.3, -0.25) is 4.79 Å². The standard InChI is InChI=1S/C19H21F3N2O3S/c1-12-9-13(2)18(14(3)10-12)23-17(25)11-24(4)28(26,27)16-8-6-5-7-15(16)19(20,21)22/h5-10H,11H2,1-4H3,(H,23,25). The number of carbonyl (C=O) groups is 1. The number of sulfonamides is 1. The van der Waals surface area contributed by atoms with Crippen LogP contribution in [0, 0.1) is 20.8 Å². The van der Waals surface area contributed by atoms with Crippen LogP contribution in [0.2, 0.25) is 0 Å². The number of anilines is 1. The minimum Gasteiger partial charge on any atom is -0.324 e. The van der Waals surface area contributed by atoms with Gasteiger partial charge >= 0.3 is 6.18 Å². The number of nitrogens with one attached hydrogen (secondary N) is 1. The first-order valence-electron chi connectivity index (χ1n) is 8.34. The number of hydrogen-bond donors (Lipinski definition) is 1. The number of benzene rings is 2. The van der Waals surface area contributed by atoms with E-state index in [4.69, 9.17) is 0 Å². The molecule has 0 atom stereocenters. The van der Waals surface area contributed by atoms with Crippen molar-refractivity contribution in [1.82, 2.24) is 4.31 Å². The SMILES string of the molecule is Cc1cc(C)c(NC(=O)CN(C)S(=O)(=O)c2ccccc2C(F)(F)F)c(C)c1. The van der Waals surface area contributed by atoms with Crippen molar-refractivity contribution in [3.63, 3.8) is 0 Å². The fourth-order valence-electron chi connectivity index (χ4n) is 2.94. The van der Waals surface area contributed by atoms with Gasteiger partial charge in [-0.2, -0.15) is 17.5 Å². The van der Waals surface area contributed by atoms with Crippen molar-refractivity contribution in [1.29, 1.82) is 0 Å². The number of hydrogen-bond acceptors (Lipinski definition) is 3. The number of likely N-dealkylation sites (N-methyl/N-ethyl adjacent to an activating group) is 1. The Hall–Kier alpha value is -2.39. The number of aryl methyl sites for hydroxylation is 3. The van der Waals surface area contributed by atoms with Crippen molar-refractivity contribution < 1.29 is 26.4 Å². The molecule has 1 amide bonds. The van der Waals surface area contributed by atoms with Crippen molar-refractivity contribution in [2.75, 3.05) is 18.9 Å². The van der Waals surface area contributed by atoms with Crippen LogP contribution in [-0.2, 0) is 21.0 Å². The fraction of sp³-hybridized carbons (Fsp3) is 0.316. The molecule has 0 unspecified atom stereocenters. The topological polar surface area (TPSA) is 66.5 Å². The average Bonchev–Trinajstić information content (AvgIpc) is 2.57. The molecule has 28 heavy (non-hydrogen) atoms. The van der Waals surface area contributed by atoms with Crippen LogP contribution in [0.15, 0.2) is 41.3 Å². The number of nitrogens with zero attached hydrogens (tertiary/aromatic N) is 1. The van der Waals surface area contributed by atoms with E-state index in [1.165, 1.54) is 6.07 Å². The maximum absolute atomic E-state index is 13.2. The van der Waals surface area contributed by atoms with Crippen molar-refractivity contribution in [2.45, 2.75) is 31.8 Å². The Labute approximate surface area is 162 Å². The Morgan fingerprint density at radius 2 is 1.61 bits per heavy atom. The lowest BCUT2D eigenvalue weighted by Crippen LogP contribution is -2.36. The van der Waals surface area contributed by atoms with Crippen LogP contribution in [0.3, 0.4) is 0 Å². The van der Waals surface area contributed by atoms with Gasteiger partial charge in [-0.15, -0.1) is 0 Å². The highest BCUT2D eigenvalue weighted by Gasteiger charge is 2.38. The molecule has 0 aliphatic carbocycles. The Morgan fingerprint density at radius 1 is 1.07 bits per heavy atom. The first-order valence-corrected chi connectivity index (χ1v) is 9.78. The third kappa shape index (κ3) is 4.71. The first-order chi connectivity index (χ1) is 12.8. The second kappa shape index (κ2) is 7.92. The normalized spacial score (nSPS) is 12.3. The third-order valence-electron chi connectivity index (χ3n) is 4.19. The predicted octanol–water partition coefficient (Wildman–Crippen LogP) is 3.89. The van der Waals surface area contributed by atoms with Crippen LogP contribution in [0.5, 0.6) is 0 Å². The second-order valence-corrected chi connectivity index (χ2v) is 8.59. The molecule has 0 aliphatic rings. The van der Waals surface area contributed by atoms with E-state index in [1.807, 2.05) is 19.1 Å². The maximum Gasteiger partial charge on any atom is 0.417 e. The monoisotopic (exact) mass is 414 g/mol. The molecule has 2 aromatic carbocycles. The molecule has 0 radical (unpaired) electrons. The van der Waals surface area contributed by atoms with E-state index in [1.54, 1.807) is 13.8 Å². The summed E-state index contributed by atoms with van der Waals surface area (Å²) < 4.78 is 65.3. The molecule has 0 saturated heterocycles. The van der Waals surface area contributed by atoms with Crippen LogP contribution in [0.4, 0.5) is 18.9 Å². The Balaban J connectivity index is 2.25. The van der Waals surface area contributed by atoms with Crippen LogP contribution < -0.4 is 5.32 Å². The maximum atomic E-state index is 13.2. The molecule has 0 bridgehead atoms. The zero-order chi connectivity index (χ0) is 21.3. The molecule has 2 rings (SSSR count). The van der Waals surface area contributed by atoms with Gasteiger partial charge in [0.2, 0.25) is 15.9 Å². The second-order valence-electron chi connectivity index (χ2n) is 6.58. The van der Waals surface area contributed by atoms with Gasteiger partial charge in [0.25, 0.3) is 0 Å². The van der Waals surface area contributed by atoms with Gasteiger partial charge in [0.15, 0.2) is 0 Å². The van der Waals surface area contributed by atoms with E-state index in [-0.39, 0.29) is 0 Å². The lowest BCUT2D eigenvalue weighted by molar-refractivity contribution is -0.139. The van der Waals surface area contributed by atoms with Gasteiger partial charge < -0.3 is 5.32 Å². The Morgan fingerprint density at radius 3 is 2.14 bits per heavy atom. The van der Waals surface area contributed by atoms with E-state index < -0.39 is 39.1 Å². The van der Waals surface area contributed by atoms with E-state index in [0.29, 0.717) is 16.1 Å². The summed E-state index contributed by atoms with van der Waals surface area (Å²) in [5.74, 6) is -0.648. The van der Waals surface area contributed by atoms with Gasteiger partial charge in [-0.1, -0.05) is 29.8 Å². The molecule has 0 fully saturated rings. The number of halogens is 3. The molecule has 9 heteroatoms. The number of amides is 1. The molecule has 1 N–H and O–H groups in total. The molecule has 0 spiro atoms. The summed E-state index contributed by atoms with van der Waals surface area (Å²) in [5, 5.41) is 2.64. The fourth-order valence-corrected chi connectivity index (χ4v) is 4.27. The number of alkyl halides is 3. The van der Waals surface area contributed by atoms with Crippen LogP contribution in [0.25, 0.3) is 0 Å². The molecule has 152 valence electrons. The molecular formula is C19H21F3N2O3S. The summed E-state index contributed by atoms with van der Waals surface area (Å²) >= 11 is 0. The lowest BCUT2D eigenvalue weighted by atomic mass is 10.1. The van der Waals surface area contributed by atoms with Crippen molar-refractivity contribution in [2.24, 2.45) is 0 Å². The van der Waals surface area contributed by atoms with Crippen molar-refractivity contribution in [3.05, 3.63) is 58.7 Å². The van der Waals surface area contributed by atoms with E-state index >= 15 is 0 Å². The zero-order valence-corrected chi connectivity index (χ0v) is 16.7. The quantitative estimate of drug-likeness (QED) is 0.807. The smallest absolute Gasteiger partial charge is 0.324 e. The molecule has 2 aromatic rings. The summed E-state index contributed by atoms with van der Waals surface area (Å²) in [6.45, 7) is 4.89. The van der Waals surface area contributed by atoms with Crippen LogP contribution >= 0.6 is 0 Å². The minimum atomic E-state index is -4.83. The number of rotatable bonds is 5. The Kier molecular flexibility index (Phi) is 6.20. The first kappa shape index (κ1) is 21.9. The van der Waals surface area contributed by atoms with Gasteiger partial charge in [0, 0.05) is 12.7 Å². The lowest BCUT2D eigenvalue weighted by Gasteiger charge is -2.20. The molecule has 0 heterocycles. The molecule has 5 nitrogen and oxygen atoms in total. The zero-order valence-electron chi connectivity index (χ0n) is 15.9. The largest absolute Gasteiger partial charge is 0.417 e. The molecular weight excluding hydrogens is 393 g/mol. The number of carbonyl (C=O) groups excluding carboxylic acids is 1. The highest BCUT2D eigenvalue weighted by atomic mass is 32.2. The van der Waals surface area contributed by atoms with Gasteiger partial charge in [0.1, 0.15) is 0 Å². The summed E-state index contributed by atoms with van der Waals surface area (Å²) in [4.78, 5) is 11.4. The van der Waals surface area contributed by atoms with Gasteiger partial charge in [0.05, 0.1) is 17.0 Å². The molecule has 0 saturated carbocycles. The highest BCUT2D eigenvalue weighted by Crippen LogP contribution is 2.34. The van der Waals surface area contributed by atoms with Crippen LogP contribution in [0.1, 0.15) is 22.3 Å². The third-order valence-corrected chi connectivity index (χ3v) is 6.05. The summed E-state index contributed by atoms with van der Waals surface area (Å²) in [6, 6.07) is 7.61. The summed E-state index contributed by atoms with van der Waals surface area (Å²) in [5.41, 5.74) is 1.90. The van der Waals surface area contributed by atoms with Crippen LogP contribution in [-0.4, -0.2) is 32.2 Å². The van der Waals surface area contributed by atoms with E-state index in [9.17, 15) is 26.4 Å². The minimum absolute atomic E-state index is 0.553. The van der Waals surface area contributed by atoms with E-state index in [0.717, 1.165) is 35.9 Å². The molecule has 0 aliphatic heterocycles.